The summed E-state index contributed by atoms with van der Waals surface area (Å²) in [5.41, 5.74) is 11.6. The van der Waals surface area contributed by atoms with Gasteiger partial charge < -0.3 is 4.90 Å². The van der Waals surface area contributed by atoms with Gasteiger partial charge in [-0.15, -0.1) is 11.6 Å². The van der Waals surface area contributed by atoms with Gasteiger partial charge in [0.2, 0.25) is 0 Å². The van der Waals surface area contributed by atoms with Gasteiger partial charge in [-0.05, 0) is 42.6 Å². The van der Waals surface area contributed by atoms with E-state index in [1.54, 1.807) is 11.8 Å². The number of fused-ring (bicyclic) bond motifs is 2. The van der Waals surface area contributed by atoms with Crippen LogP contribution in [0.2, 0.25) is 0 Å². The molecule has 6 heteroatoms. The second-order valence-corrected chi connectivity index (χ2v) is 6.42. The van der Waals surface area contributed by atoms with Crippen molar-refractivity contribution < 1.29 is 0 Å². The Kier molecular flexibility index (Phi) is 4.78. The van der Waals surface area contributed by atoms with Crippen LogP contribution < -0.4 is 4.90 Å². The van der Waals surface area contributed by atoms with Gasteiger partial charge in [-0.25, -0.2) is 0 Å². The fourth-order valence-corrected chi connectivity index (χ4v) is 3.86. The number of hydrogen-bond donors (Lipinski definition) is 0. The van der Waals surface area contributed by atoms with Gasteiger partial charge in [-0.1, -0.05) is 35.1 Å². The summed E-state index contributed by atoms with van der Waals surface area (Å²) in [7, 11) is 0. The van der Waals surface area contributed by atoms with Crippen molar-refractivity contribution in [1.29, 1.82) is 0 Å². The molecule has 3 rings (SSSR count). The highest BCUT2D eigenvalue weighted by atomic mass is 35.5. The Morgan fingerprint density at radius 3 is 2.73 bits per heavy atom. The van der Waals surface area contributed by atoms with E-state index in [-0.39, 0.29) is 0 Å². The van der Waals surface area contributed by atoms with Crippen molar-refractivity contribution in [2.75, 3.05) is 17.3 Å². The molecule has 2 aromatic rings. The van der Waals surface area contributed by atoms with Crippen molar-refractivity contribution in [3.8, 4) is 0 Å². The van der Waals surface area contributed by atoms with Gasteiger partial charge in [0.15, 0.2) is 0 Å². The van der Waals surface area contributed by atoms with Crippen LogP contribution in [0.3, 0.4) is 0 Å². The Hall–Kier alpha value is -1.81. The minimum atomic E-state index is 0.647. The molecule has 0 fully saturated rings. The first-order valence-corrected chi connectivity index (χ1v) is 8.48. The normalized spacial score (nSPS) is 12.3. The van der Waals surface area contributed by atoms with E-state index in [4.69, 9.17) is 17.1 Å². The van der Waals surface area contributed by atoms with Crippen LogP contribution in [-0.4, -0.2) is 12.4 Å². The lowest BCUT2D eigenvalue weighted by molar-refractivity contribution is 0.780. The third kappa shape index (κ3) is 3.02. The molecule has 1 heterocycles. The van der Waals surface area contributed by atoms with Gasteiger partial charge in [0, 0.05) is 32.8 Å². The second kappa shape index (κ2) is 6.97. The zero-order valence-electron chi connectivity index (χ0n) is 11.9. The Balaban J connectivity index is 2.00. The van der Waals surface area contributed by atoms with E-state index in [0.717, 1.165) is 30.0 Å². The minimum absolute atomic E-state index is 0.647. The zero-order chi connectivity index (χ0) is 15.4. The maximum absolute atomic E-state index is 8.61. The molecular weight excluding hydrogens is 316 g/mol. The number of alkyl halides is 1. The van der Waals surface area contributed by atoms with Gasteiger partial charge in [0.05, 0.1) is 11.4 Å². The molecule has 0 amide bonds. The van der Waals surface area contributed by atoms with Crippen molar-refractivity contribution >= 4 is 40.4 Å². The van der Waals surface area contributed by atoms with E-state index < -0.39 is 0 Å². The predicted octanol–water partition coefficient (Wildman–Crippen LogP) is 6.25. The Labute approximate surface area is 138 Å². The van der Waals surface area contributed by atoms with Gasteiger partial charge in [0.25, 0.3) is 0 Å². The van der Waals surface area contributed by atoms with Crippen molar-refractivity contribution in [2.24, 2.45) is 5.11 Å². The van der Waals surface area contributed by atoms with E-state index in [0.29, 0.717) is 11.6 Å². The molecule has 1 aliphatic heterocycles. The highest BCUT2D eigenvalue weighted by Gasteiger charge is 2.22. The van der Waals surface area contributed by atoms with Crippen LogP contribution in [0.5, 0.6) is 0 Å². The minimum Gasteiger partial charge on any atom is -0.340 e. The fraction of sp³-hybridized carbons (Fsp3) is 0.250. The highest BCUT2D eigenvalue weighted by molar-refractivity contribution is 7.99. The molecule has 0 aromatic heterocycles. The summed E-state index contributed by atoms with van der Waals surface area (Å²) in [6, 6.07) is 14.2. The van der Waals surface area contributed by atoms with Crippen LogP contribution in [0, 0.1) is 0 Å². The molecule has 0 radical (unpaired) electrons. The summed E-state index contributed by atoms with van der Waals surface area (Å²) >= 11 is 7.52. The molecule has 0 unspecified atom stereocenters. The number of anilines is 2. The summed E-state index contributed by atoms with van der Waals surface area (Å²) < 4.78 is 0. The first-order valence-electron chi connectivity index (χ1n) is 7.13. The Morgan fingerprint density at radius 2 is 1.91 bits per heavy atom. The number of nitrogens with zero attached hydrogens (tertiary/aromatic N) is 4. The lowest BCUT2D eigenvalue weighted by Crippen LogP contribution is -2.21. The Morgan fingerprint density at radius 1 is 1.09 bits per heavy atom. The summed E-state index contributed by atoms with van der Waals surface area (Å²) in [6.45, 7) is 0.929. The number of hydrogen-bond acceptors (Lipinski definition) is 3. The summed E-state index contributed by atoms with van der Waals surface area (Å²) in [5.74, 6) is 0.687. The molecule has 0 saturated heterocycles. The summed E-state index contributed by atoms with van der Waals surface area (Å²) in [5, 5.41) is 3.70. The van der Waals surface area contributed by atoms with Crippen LogP contribution in [0.1, 0.15) is 12.8 Å². The topological polar surface area (TPSA) is 52.0 Å². The van der Waals surface area contributed by atoms with E-state index in [1.807, 2.05) is 24.3 Å². The average Bonchev–Trinajstić information content (AvgIpc) is 2.54. The molecule has 112 valence electrons. The SMILES string of the molecule is [N-]=[N+]=Nc1ccc2c(c1)Sc1ccccc1N2CCCCCl. The number of para-hydroxylation sites is 1. The number of azide groups is 1. The van der Waals surface area contributed by atoms with Gasteiger partial charge >= 0.3 is 0 Å². The number of halogens is 1. The predicted molar refractivity (Wildman–Crippen MR) is 92.8 cm³/mol. The molecule has 22 heavy (non-hydrogen) atoms. The van der Waals surface area contributed by atoms with Crippen molar-refractivity contribution in [3.63, 3.8) is 0 Å². The van der Waals surface area contributed by atoms with E-state index in [1.165, 1.54) is 10.6 Å². The van der Waals surface area contributed by atoms with Gasteiger partial charge in [-0.2, -0.15) is 0 Å². The van der Waals surface area contributed by atoms with Crippen LogP contribution in [0.15, 0.2) is 57.4 Å². The number of rotatable bonds is 5. The maximum Gasteiger partial charge on any atom is 0.0553 e. The monoisotopic (exact) mass is 330 g/mol. The number of unbranched alkanes of at least 4 members (excludes halogenated alkanes) is 1. The van der Waals surface area contributed by atoms with Crippen LogP contribution in [0.25, 0.3) is 10.4 Å². The molecule has 1 aliphatic rings. The third-order valence-corrected chi connectivity index (χ3v) is 4.91. The maximum atomic E-state index is 8.61. The lowest BCUT2D eigenvalue weighted by atomic mass is 10.2. The molecular formula is C16H15ClN4S. The molecule has 0 bridgehead atoms. The lowest BCUT2D eigenvalue weighted by Gasteiger charge is -2.33. The molecule has 0 N–H and O–H groups in total. The third-order valence-electron chi connectivity index (χ3n) is 3.54. The fourth-order valence-electron chi connectivity index (χ4n) is 2.54. The highest BCUT2D eigenvalue weighted by Crippen LogP contribution is 2.49. The summed E-state index contributed by atoms with van der Waals surface area (Å²) in [6.07, 6.45) is 2.04. The van der Waals surface area contributed by atoms with E-state index in [9.17, 15) is 0 Å². The van der Waals surface area contributed by atoms with E-state index >= 15 is 0 Å². The quantitative estimate of drug-likeness (QED) is 0.214. The van der Waals surface area contributed by atoms with Crippen LogP contribution in [0.4, 0.5) is 17.1 Å². The largest absolute Gasteiger partial charge is 0.340 e. The molecule has 0 saturated carbocycles. The summed E-state index contributed by atoms with van der Waals surface area (Å²) in [4.78, 5) is 7.53. The molecule has 2 aromatic carbocycles. The Bertz CT molecular complexity index is 728. The first kappa shape index (κ1) is 15.1. The zero-order valence-corrected chi connectivity index (χ0v) is 13.5. The second-order valence-electron chi connectivity index (χ2n) is 4.96. The average molecular weight is 331 g/mol. The molecule has 4 nitrogen and oxygen atoms in total. The van der Waals surface area contributed by atoms with Crippen LogP contribution in [-0.2, 0) is 0 Å². The standard InChI is InChI=1S/C16H15ClN4S/c17-9-3-4-10-21-13-5-1-2-6-15(13)22-16-11-12(19-20-18)7-8-14(16)21/h1-2,5-8,11H,3-4,9-10H2. The van der Waals surface area contributed by atoms with Crippen LogP contribution >= 0.6 is 23.4 Å². The smallest absolute Gasteiger partial charge is 0.0553 e. The number of benzene rings is 2. The van der Waals surface area contributed by atoms with Crippen molar-refractivity contribution in [3.05, 3.63) is 52.9 Å². The van der Waals surface area contributed by atoms with E-state index in [2.05, 4.69) is 33.1 Å². The first-order chi connectivity index (χ1) is 10.8. The molecule has 0 spiro atoms. The molecule has 0 aliphatic carbocycles. The molecule has 0 atom stereocenters. The van der Waals surface area contributed by atoms with Crippen molar-refractivity contribution in [2.45, 2.75) is 22.6 Å². The van der Waals surface area contributed by atoms with Gasteiger partial charge in [0.1, 0.15) is 0 Å². The van der Waals surface area contributed by atoms with Gasteiger partial charge in [-0.3, -0.25) is 0 Å². The van der Waals surface area contributed by atoms with Crippen molar-refractivity contribution in [1.82, 2.24) is 0 Å².